The number of aryl methyl sites for hydroxylation is 1. The molecule has 0 saturated carbocycles. The maximum Gasteiger partial charge on any atom is 0.241 e. The first-order valence-electron chi connectivity index (χ1n) is 7.86. The third-order valence-electron chi connectivity index (χ3n) is 3.87. The molecule has 1 N–H and O–H groups in total. The first-order valence-corrected chi connectivity index (χ1v) is 10.1. The zero-order valence-electron chi connectivity index (χ0n) is 14.7. The second-order valence-corrected chi connectivity index (χ2v) is 8.38. The van der Waals surface area contributed by atoms with Gasteiger partial charge in [-0.3, -0.25) is 9.10 Å². The summed E-state index contributed by atoms with van der Waals surface area (Å²) in [5.74, 6) is -0.849. The summed E-state index contributed by atoms with van der Waals surface area (Å²) >= 11 is 5.97. The molecule has 0 spiro atoms. The Morgan fingerprint density at radius 2 is 1.85 bits per heavy atom. The molecular weight excluding hydrogens is 379 g/mol. The van der Waals surface area contributed by atoms with Crippen molar-refractivity contribution in [1.29, 1.82) is 0 Å². The van der Waals surface area contributed by atoms with Gasteiger partial charge in [0.1, 0.15) is 12.4 Å². The molecule has 0 heterocycles. The van der Waals surface area contributed by atoms with Crippen LogP contribution < -0.4 is 9.62 Å². The molecule has 2 aromatic carbocycles. The fraction of sp³-hybridized carbons (Fsp3) is 0.278. The lowest BCUT2D eigenvalue weighted by Gasteiger charge is -2.25. The van der Waals surface area contributed by atoms with Crippen LogP contribution in [0.4, 0.5) is 10.1 Å². The number of nitrogens with zero attached hydrogens (tertiary/aromatic N) is 1. The molecule has 0 aliphatic heterocycles. The van der Waals surface area contributed by atoms with Crippen molar-refractivity contribution in [2.24, 2.45) is 0 Å². The van der Waals surface area contributed by atoms with E-state index in [1.54, 1.807) is 38.1 Å². The SMILES string of the molecule is Cc1ccc(Cl)cc1N(CC(=O)N[C@@H](C)c1ccc(F)cc1)S(C)(=O)=O. The zero-order valence-corrected chi connectivity index (χ0v) is 16.2. The minimum atomic E-state index is -3.69. The number of nitrogens with one attached hydrogen (secondary N) is 1. The molecule has 2 rings (SSSR count). The summed E-state index contributed by atoms with van der Waals surface area (Å²) < 4.78 is 38.4. The van der Waals surface area contributed by atoms with E-state index < -0.39 is 22.0 Å². The summed E-state index contributed by atoms with van der Waals surface area (Å²) in [5, 5.41) is 3.10. The number of hydrogen-bond donors (Lipinski definition) is 1. The number of hydrogen-bond acceptors (Lipinski definition) is 3. The Morgan fingerprint density at radius 1 is 1.23 bits per heavy atom. The van der Waals surface area contributed by atoms with Crippen LogP contribution in [-0.2, 0) is 14.8 Å². The molecule has 1 amide bonds. The molecule has 8 heteroatoms. The highest BCUT2D eigenvalue weighted by molar-refractivity contribution is 7.92. The Balaban J connectivity index is 2.19. The van der Waals surface area contributed by atoms with Gasteiger partial charge in [0.05, 0.1) is 18.0 Å². The summed E-state index contributed by atoms with van der Waals surface area (Å²) in [5.41, 5.74) is 1.74. The van der Waals surface area contributed by atoms with Crippen molar-refractivity contribution in [2.45, 2.75) is 19.9 Å². The van der Waals surface area contributed by atoms with Gasteiger partial charge in [-0.2, -0.15) is 0 Å². The van der Waals surface area contributed by atoms with E-state index in [9.17, 15) is 17.6 Å². The molecule has 5 nitrogen and oxygen atoms in total. The van der Waals surface area contributed by atoms with Gasteiger partial charge < -0.3 is 5.32 Å². The van der Waals surface area contributed by atoms with Gasteiger partial charge in [-0.15, -0.1) is 0 Å². The predicted octanol–water partition coefficient (Wildman–Crippen LogP) is 3.43. The first kappa shape index (κ1) is 20.2. The zero-order chi connectivity index (χ0) is 19.5. The van der Waals surface area contributed by atoms with E-state index in [2.05, 4.69) is 5.32 Å². The number of anilines is 1. The highest BCUT2D eigenvalue weighted by Crippen LogP contribution is 2.26. The van der Waals surface area contributed by atoms with Crippen LogP contribution in [0.2, 0.25) is 5.02 Å². The molecular formula is C18H20ClFN2O3S. The van der Waals surface area contributed by atoms with Gasteiger partial charge in [0, 0.05) is 5.02 Å². The second-order valence-electron chi connectivity index (χ2n) is 6.04. The van der Waals surface area contributed by atoms with E-state index in [1.165, 1.54) is 18.2 Å². The Morgan fingerprint density at radius 3 is 2.42 bits per heavy atom. The first-order chi connectivity index (χ1) is 12.1. The largest absolute Gasteiger partial charge is 0.348 e. The van der Waals surface area contributed by atoms with Crippen LogP contribution in [0.1, 0.15) is 24.1 Å². The molecule has 0 saturated heterocycles. The number of carbonyl (C=O) groups is 1. The average molecular weight is 399 g/mol. The topological polar surface area (TPSA) is 66.5 Å². The van der Waals surface area contributed by atoms with Gasteiger partial charge in [-0.05, 0) is 49.2 Å². The third kappa shape index (κ3) is 5.19. The Hall–Kier alpha value is -2.12. The van der Waals surface area contributed by atoms with Gasteiger partial charge in [0.15, 0.2) is 0 Å². The molecule has 0 radical (unpaired) electrons. The van der Waals surface area contributed by atoms with Crippen molar-refractivity contribution >= 4 is 33.2 Å². The van der Waals surface area contributed by atoms with Crippen molar-refractivity contribution in [1.82, 2.24) is 5.32 Å². The highest BCUT2D eigenvalue weighted by Gasteiger charge is 2.23. The fourth-order valence-corrected chi connectivity index (χ4v) is 3.56. The number of rotatable bonds is 6. The van der Waals surface area contributed by atoms with Crippen LogP contribution in [0.25, 0.3) is 0 Å². The molecule has 0 unspecified atom stereocenters. The molecule has 0 aromatic heterocycles. The quantitative estimate of drug-likeness (QED) is 0.810. The van der Waals surface area contributed by atoms with E-state index in [4.69, 9.17) is 11.6 Å². The van der Waals surface area contributed by atoms with E-state index in [0.717, 1.165) is 10.6 Å². The monoisotopic (exact) mass is 398 g/mol. The van der Waals surface area contributed by atoms with Crippen molar-refractivity contribution in [3.63, 3.8) is 0 Å². The number of amides is 1. The predicted molar refractivity (Wildman–Crippen MR) is 101 cm³/mol. The van der Waals surface area contributed by atoms with Crippen LogP contribution in [0.3, 0.4) is 0 Å². The van der Waals surface area contributed by atoms with E-state index >= 15 is 0 Å². The van der Waals surface area contributed by atoms with Gasteiger partial charge in [-0.1, -0.05) is 29.8 Å². The van der Waals surface area contributed by atoms with Crippen molar-refractivity contribution in [3.8, 4) is 0 Å². The third-order valence-corrected chi connectivity index (χ3v) is 5.24. The highest BCUT2D eigenvalue weighted by atomic mass is 35.5. The minimum absolute atomic E-state index is 0.351. The average Bonchev–Trinajstić information content (AvgIpc) is 2.54. The van der Waals surface area contributed by atoms with Crippen LogP contribution in [-0.4, -0.2) is 27.1 Å². The van der Waals surface area contributed by atoms with Gasteiger partial charge >= 0.3 is 0 Å². The van der Waals surface area contributed by atoms with E-state index in [1.807, 2.05) is 0 Å². The van der Waals surface area contributed by atoms with Crippen LogP contribution in [0, 0.1) is 12.7 Å². The van der Waals surface area contributed by atoms with Crippen LogP contribution in [0.15, 0.2) is 42.5 Å². The smallest absolute Gasteiger partial charge is 0.241 e. The number of carbonyl (C=O) groups excluding carboxylic acids is 1. The number of halogens is 2. The second kappa shape index (κ2) is 8.05. The molecule has 2 aromatic rings. The summed E-state index contributed by atoms with van der Waals surface area (Å²) in [7, 11) is -3.69. The van der Waals surface area contributed by atoms with Gasteiger partial charge in [0.2, 0.25) is 15.9 Å². The summed E-state index contributed by atoms with van der Waals surface area (Å²) in [6.45, 7) is 3.09. The Kier molecular flexibility index (Phi) is 6.26. The van der Waals surface area contributed by atoms with Crippen LogP contribution >= 0.6 is 11.6 Å². The van der Waals surface area contributed by atoms with Crippen LogP contribution in [0.5, 0.6) is 0 Å². The molecule has 0 bridgehead atoms. The standard InChI is InChI=1S/C18H20ClFN2O3S/c1-12-4-7-15(19)10-17(12)22(26(3,24)25)11-18(23)21-13(2)14-5-8-16(20)9-6-14/h4-10,13H,11H2,1-3H3,(H,21,23)/t13-/m0/s1. The Labute approximate surface area is 157 Å². The molecule has 1 atom stereocenters. The van der Waals surface area contributed by atoms with E-state index in [0.29, 0.717) is 21.8 Å². The van der Waals surface area contributed by atoms with Crippen molar-refractivity contribution in [2.75, 3.05) is 17.1 Å². The molecule has 26 heavy (non-hydrogen) atoms. The van der Waals surface area contributed by atoms with Crippen molar-refractivity contribution in [3.05, 3.63) is 64.4 Å². The fourth-order valence-electron chi connectivity index (χ4n) is 2.48. The molecule has 0 aliphatic rings. The number of benzene rings is 2. The minimum Gasteiger partial charge on any atom is -0.348 e. The summed E-state index contributed by atoms with van der Waals surface area (Å²) in [6, 6.07) is 10.2. The molecule has 140 valence electrons. The van der Waals surface area contributed by atoms with Crippen molar-refractivity contribution < 1.29 is 17.6 Å². The Bertz CT molecular complexity index is 901. The maximum absolute atomic E-state index is 13.0. The lowest BCUT2D eigenvalue weighted by Crippen LogP contribution is -2.41. The van der Waals surface area contributed by atoms with E-state index in [-0.39, 0.29) is 12.4 Å². The number of sulfonamides is 1. The maximum atomic E-state index is 13.0. The summed E-state index contributed by atoms with van der Waals surface area (Å²) in [6.07, 6.45) is 1.03. The molecule has 0 fully saturated rings. The van der Waals surface area contributed by atoms with Gasteiger partial charge in [0.25, 0.3) is 0 Å². The lowest BCUT2D eigenvalue weighted by atomic mass is 10.1. The normalized spacial score (nSPS) is 12.5. The summed E-state index contributed by atoms with van der Waals surface area (Å²) in [4.78, 5) is 12.4. The molecule has 0 aliphatic carbocycles. The van der Waals surface area contributed by atoms with Gasteiger partial charge in [-0.25, -0.2) is 12.8 Å². The lowest BCUT2D eigenvalue weighted by molar-refractivity contribution is -0.120.